The molecule has 0 radical (unpaired) electrons. The monoisotopic (exact) mass is 283 g/mol. The van der Waals surface area contributed by atoms with Gasteiger partial charge in [0.05, 0.1) is 22.7 Å². The fourth-order valence-corrected chi connectivity index (χ4v) is 3.83. The summed E-state index contributed by atoms with van der Waals surface area (Å²) in [7, 11) is 0. The first kappa shape index (κ1) is 12.6. The molecule has 2 heterocycles. The topological polar surface area (TPSA) is 58.0 Å². The Labute approximate surface area is 115 Å². The van der Waals surface area contributed by atoms with E-state index < -0.39 is 0 Å². The third-order valence-corrected chi connectivity index (χ3v) is 5.35. The lowest BCUT2D eigenvalue weighted by Crippen LogP contribution is -2.48. The van der Waals surface area contributed by atoms with Crippen LogP contribution >= 0.6 is 23.5 Å². The molecule has 18 heavy (non-hydrogen) atoms. The van der Waals surface area contributed by atoms with E-state index in [-0.39, 0.29) is 12.1 Å². The molecule has 1 aliphatic carbocycles. The van der Waals surface area contributed by atoms with E-state index >= 15 is 0 Å². The van der Waals surface area contributed by atoms with Gasteiger partial charge in [0.2, 0.25) is 0 Å². The molecule has 0 saturated heterocycles. The number of thioether (sulfide) groups is 2. The molecule has 0 aromatic carbocycles. The summed E-state index contributed by atoms with van der Waals surface area (Å²) in [4.78, 5) is 10.3. The molecule has 1 aromatic heterocycles. The zero-order valence-corrected chi connectivity index (χ0v) is 12.0. The van der Waals surface area contributed by atoms with Gasteiger partial charge in [-0.15, -0.1) is 11.8 Å². The van der Waals surface area contributed by atoms with Crippen molar-refractivity contribution in [2.75, 3.05) is 23.9 Å². The first-order valence-electron chi connectivity index (χ1n) is 6.23. The molecule has 6 heteroatoms. The van der Waals surface area contributed by atoms with Crippen molar-refractivity contribution in [2.24, 2.45) is 0 Å². The molecular formula is C12H17N3OS2. The Morgan fingerprint density at radius 2 is 2.28 bits per heavy atom. The molecule has 0 bridgehead atoms. The molecule has 0 amide bonds. The Kier molecular flexibility index (Phi) is 3.42. The van der Waals surface area contributed by atoms with Crippen molar-refractivity contribution in [2.45, 2.75) is 41.3 Å². The Bertz CT molecular complexity index is 457. The molecule has 1 saturated carbocycles. The van der Waals surface area contributed by atoms with Gasteiger partial charge in [0.1, 0.15) is 5.82 Å². The molecule has 4 nitrogen and oxygen atoms in total. The van der Waals surface area contributed by atoms with Gasteiger partial charge in [0, 0.05) is 12.2 Å². The molecule has 98 valence electrons. The van der Waals surface area contributed by atoms with Crippen LogP contribution in [-0.2, 0) is 6.42 Å². The van der Waals surface area contributed by atoms with Crippen molar-refractivity contribution >= 4 is 29.3 Å². The van der Waals surface area contributed by atoms with Crippen LogP contribution in [0.25, 0.3) is 0 Å². The number of rotatable bonds is 4. The largest absolute Gasteiger partial charge is 0.394 e. The fourth-order valence-electron chi connectivity index (χ4n) is 2.40. The highest BCUT2D eigenvalue weighted by atomic mass is 32.2. The summed E-state index contributed by atoms with van der Waals surface area (Å²) in [6.45, 7) is 0.186. The predicted molar refractivity (Wildman–Crippen MR) is 75.5 cm³/mol. The second-order valence-corrected chi connectivity index (χ2v) is 6.73. The summed E-state index contributed by atoms with van der Waals surface area (Å²) in [6, 6.07) is 0. The number of hydrogen-bond donors (Lipinski definition) is 2. The first-order chi connectivity index (χ1) is 8.76. The van der Waals surface area contributed by atoms with E-state index in [1.54, 1.807) is 11.8 Å². The van der Waals surface area contributed by atoms with Crippen molar-refractivity contribution in [1.29, 1.82) is 0 Å². The first-order valence-corrected chi connectivity index (χ1v) is 8.44. The molecule has 1 fully saturated rings. The van der Waals surface area contributed by atoms with Gasteiger partial charge in [0.25, 0.3) is 0 Å². The van der Waals surface area contributed by atoms with Gasteiger partial charge in [-0.05, 0) is 25.5 Å². The van der Waals surface area contributed by atoms with Gasteiger partial charge in [-0.25, -0.2) is 9.97 Å². The minimum Gasteiger partial charge on any atom is -0.394 e. The van der Waals surface area contributed by atoms with E-state index in [4.69, 9.17) is 0 Å². The van der Waals surface area contributed by atoms with E-state index in [1.807, 2.05) is 18.0 Å². The normalized spacial score (nSPS) is 20.3. The zero-order chi connectivity index (χ0) is 12.6. The predicted octanol–water partition coefficient (Wildman–Crippen LogP) is 2.17. The van der Waals surface area contributed by atoms with Gasteiger partial charge < -0.3 is 10.4 Å². The SMILES string of the molecule is CSc1nc2c(c(NC3(CO)CCC3)n1)SCC2. The average Bonchev–Trinajstić information content (AvgIpc) is 2.81. The summed E-state index contributed by atoms with van der Waals surface area (Å²) in [5.74, 6) is 2.02. The number of aromatic nitrogens is 2. The zero-order valence-electron chi connectivity index (χ0n) is 10.4. The Hall–Kier alpha value is -0.460. The van der Waals surface area contributed by atoms with Gasteiger partial charge in [-0.1, -0.05) is 11.8 Å². The van der Waals surface area contributed by atoms with Gasteiger partial charge in [-0.3, -0.25) is 0 Å². The fraction of sp³-hybridized carbons (Fsp3) is 0.667. The number of hydrogen-bond acceptors (Lipinski definition) is 6. The Morgan fingerprint density at radius 1 is 1.44 bits per heavy atom. The van der Waals surface area contributed by atoms with Crippen molar-refractivity contribution in [1.82, 2.24) is 9.97 Å². The Balaban J connectivity index is 1.93. The molecular weight excluding hydrogens is 266 g/mol. The quantitative estimate of drug-likeness (QED) is 0.652. The number of fused-ring (bicyclic) bond motifs is 1. The van der Waals surface area contributed by atoms with Crippen molar-refractivity contribution in [3.63, 3.8) is 0 Å². The van der Waals surface area contributed by atoms with E-state index in [2.05, 4.69) is 15.3 Å². The number of nitrogens with zero attached hydrogens (tertiary/aromatic N) is 2. The maximum Gasteiger partial charge on any atom is 0.189 e. The molecule has 0 spiro atoms. The second kappa shape index (κ2) is 4.90. The van der Waals surface area contributed by atoms with Gasteiger partial charge >= 0.3 is 0 Å². The number of nitrogens with one attached hydrogen (secondary N) is 1. The van der Waals surface area contributed by atoms with E-state index in [1.165, 1.54) is 11.3 Å². The lowest BCUT2D eigenvalue weighted by Gasteiger charge is -2.41. The van der Waals surface area contributed by atoms with Crippen LogP contribution in [0.1, 0.15) is 25.0 Å². The molecule has 0 atom stereocenters. The number of aryl methyl sites for hydroxylation is 1. The summed E-state index contributed by atoms with van der Waals surface area (Å²) in [6.07, 6.45) is 6.27. The van der Waals surface area contributed by atoms with Crippen LogP contribution < -0.4 is 5.32 Å². The van der Waals surface area contributed by atoms with Crippen LogP contribution in [0.2, 0.25) is 0 Å². The maximum absolute atomic E-state index is 9.55. The number of aliphatic hydroxyl groups excluding tert-OH is 1. The van der Waals surface area contributed by atoms with Gasteiger partial charge in [-0.2, -0.15) is 0 Å². The molecule has 1 aromatic rings. The highest BCUT2D eigenvalue weighted by molar-refractivity contribution is 7.99. The minimum atomic E-state index is -0.138. The molecule has 0 unspecified atom stereocenters. The van der Waals surface area contributed by atoms with Crippen molar-refractivity contribution in [3.8, 4) is 0 Å². The average molecular weight is 283 g/mol. The standard InChI is InChI=1S/C12H17N3OS2/c1-17-11-13-8-3-6-18-9(8)10(14-11)15-12(7-16)4-2-5-12/h16H,2-7H2,1H3,(H,13,14,15). The molecule has 2 aliphatic rings. The van der Waals surface area contributed by atoms with Crippen molar-refractivity contribution in [3.05, 3.63) is 5.69 Å². The third-order valence-electron chi connectivity index (χ3n) is 3.68. The van der Waals surface area contributed by atoms with Crippen LogP contribution in [0.4, 0.5) is 5.82 Å². The van der Waals surface area contributed by atoms with E-state index in [9.17, 15) is 5.11 Å². The number of aliphatic hydroxyl groups is 1. The van der Waals surface area contributed by atoms with Crippen LogP contribution in [0.3, 0.4) is 0 Å². The number of anilines is 1. The van der Waals surface area contributed by atoms with Crippen LogP contribution in [0.5, 0.6) is 0 Å². The van der Waals surface area contributed by atoms with Crippen LogP contribution in [0, 0.1) is 0 Å². The van der Waals surface area contributed by atoms with Crippen LogP contribution in [-0.4, -0.2) is 39.2 Å². The van der Waals surface area contributed by atoms with E-state index in [0.29, 0.717) is 0 Å². The molecule has 3 rings (SSSR count). The summed E-state index contributed by atoms with van der Waals surface area (Å²) in [5.41, 5.74) is 1.02. The lowest BCUT2D eigenvalue weighted by atomic mass is 9.77. The summed E-state index contributed by atoms with van der Waals surface area (Å²) >= 11 is 3.40. The smallest absolute Gasteiger partial charge is 0.189 e. The summed E-state index contributed by atoms with van der Waals surface area (Å²) < 4.78 is 0. The van der Waals surface area contributed by atoms with Gasteiger partial charge in [0.15, 0.2) is 5.16 Å². The lowest BCUT2D eigenvalue weighted by molar-refractivity contribution is 0.143. The highest BCUT2D eigenvalue weighted by Gasteiger charge is 2.37. The second-order valence-electron chi connectivity index (χ2n) is 4.85. The highest BCUT2D eigenvalue weighted by Crippen LogP contribution is 2.41. The maximum atomic E-state index is 9.55. The minimum absolute atomic E-state index is 0.138. The van der Waals surface area contributed by atoms with E-state index in [0.717, 1.165) is 41.7 Å². The molecule has 1 aliphatic heterocycles. The Morgan fingerprint density at radius 3 is 2.89 bits per heavy atom. The summed E-state index contributed by atoms with van der Waals surface area (Å²) in [5, 5.41) is 13.9. The third kappa shape index (κ3) is 2.10. The van der Waals surface area contributed by atoms with Crippen LogP contribution in [0.15, 0.2) is 10.1 Å². The molecule has 2 N–H and O–H groups in total. The van der Waals surface area contributed by atoms with Crippen molar-refractivity contribution < 1.29 is 5.11 Å².